The van der Waals surface area contributed by atoms with E-state index in [1.807, 2.05) is 26.0 Å². The van der Waals surface area contributed by atoms with Crippen LogP contribution in [-0.2, 0) is 0 Å². The summed E-state index contributed by atoms with van der Waals surface area (Å²) in [5.74, 6) is 1.11. The minimum atomic E-state index is -0.236. The summed E-state index contributed by atoms with van der Waals surface area (Å²) in [6.07, 6.45) is 5.49. The van der Waals surface area contributed by atoms with Crippen LogP contribution >= 0.6 is 0 Å². The van der Waals surface area contributed by atoms with Crippen molar-refractivity contribution in [2.75, 3.05) is 10.6 Å². The summed E-state index contributed by atoms with van der Waals surface area (Å²) in [4.78, 5) is 20.5. The second-order valence-corrected chi connectivity index (χ2v) is 5.86. The van der Waals surface area contributed by atoms with Crippen LogP contribution in [0.2, 0.25) is 0 Å². The summed E-state index contributed by atoms with van der Waals surface area (Å²) in [6, 6.07) is 7.75. The molecule has 1 aromatic heterocycles. The predicted molar refractivity (Wildman–Crippen MR) is 88.8 cm³/mol. The number of benzene rings is 1. The van der Waals surface area contributed by atoms with Gasteiger partial charge in [-0.15, -0.1) is 0 Å². The third kappa shape index (κ3) is 4.42. The monoisotopic (exact) mass is 312 g/mol. The molecule has 120 valence electrons. The van der Waals surface area contributed by atoms with Gasteiger partial charge in [0.2, 0.25) is 5.95 Å². The molecule has 1 amide bonds. The molecule has 1 aliphatic rings. The fraction of sp³-hybridized carbons (Fsp3) is 0.353. The van der Waals surface area contributed by atoms with Crippen LogP contribution in [0, 0.1) is 0 Å². The molecule has 0 bridgehead atoms. The summed E-state index contributed by atoms with van der Waals surface area (Å²) < 4.78 is 5.57. The number of ether oxygens (including phenoxy) is 1. The van der Waals surface area contributed by atoms with Crippen LogP contribution in [0.5, 0.6) is 5.75 Å². The van der Waals surface area contributed by atoms with Crippen LogP contribution in [-0.4, -0.2) is 28.0 Å². The number of anilines is 2. The number of nitrogens with zero attached hydrogens (tertiary/aromatic N) is 2. The molecule has 6 nitrogen and oxygen atoms in total. The van der Waals surface area contributed by atoms with Gasteiger partial charge in [-0.05, 0) is 51.0 Å². The number of amides is 1. The highest BCUT2D eigenvalue weighted by Crippen LogP contribution is 2.22. The molecule has 0 saturated heterocycles. The summed E-state index contributed by atoms with van der Waals surface area (Å²) in [5, 5.41) is 6.00. The lowest BCUT2D eigenvalue weighted by atomic mass is 10.2. The van der Waals surface area contributed by atoms with E-state index < -0.39 is 0 Å². The van der Waals surface area contributed by atoms with Gasteiger partial charge in [-0.1, -0.05) is 0 Å². The number of carbonyl (C=O) groups is 1. The van der Waals surface area contributed by atoms with Crippen LogP contribution < -0.4 is 15.4 Å². The second-order valence-electron chi connectivity index (χ2n) is 5.86. The average molecular weight is 312 g/mol. The van der Waals surface area contributed by atoms with Gasteiger partial charge in [-0.25, -0.2) is 9.97 Å². The van der Waals surface area contributed by atoms with Crippen molar-refractivity contribution in [2.24, 2.45) is 0 Å². The van der Waals surface area contributed by atoms with Crippen molar-refractivity contribution >= 4 is 17.5 Å². The maximum absolute atomic E-state index is 12.2. The van der Waals surface area contributed by atoms with Crippen LogP contribution in [0.25, 0.3) is 0 Å². The molecule has 3 rings (SSSR count). The summed E-state index contributed by atoms with van der Waals surface area (Å²) in [7, 11) is 0. The highest BCUT2D eigenvalue weighted by atomic mass is 16.5. The predicted octanol–water partition coefficient (Wildman–Crippen LogP) is 3.09. The Labute approximate surface area is 135 Å². The van der Waals surface area contributed by atoms with Gasteiger partial charge in [0.15, 0.2) is 0 Å². The summed E-state index contributed by atoms with van der Waals surface area (Å²) >= 11 is 0. The first-order chi connectivity index (χ1) is 11.1. The number of hydrogen-bond donors (Lipinski definition) is 2. The maximum Gasteiger partial charge on any atom is 0.258 e. The maximum atomic E-state index is 12.2. The Morgan fingerprint density at radius 2 is 1.83 bits per heavy atom. The van der Waals surface area contributed by atoms with Crippen molar-refractivity contribution in [3.8, 4) is 5.75 Å². The number of aromatic nitrogens is 2. The van der Waals surface area contributed by atoms with Crippen molar-refractivity contribution in [3.63, 3.8) is 0 Å². The molecule has 23 heavy (non-hydrogen) atoms. The number of carbonyl (C=O) groups excluding carboxylic acids is 1. The zero-order valence-corrected chi connectivity index (χ0v) is 13.2. The quantitative estimate of drug-likeness (QED) is 0.857. The van der Waals surface area contributed by atoms with Gasteiger partial charge >= 0.3 is 0 Å². The molecule has 0 spiro atoms. The lowest BCUT2D eigenvalue weighted by molar-refractivity contribution is 0.102. The molecule has 2 aromatic rings. The molecule has 6 heteroatoms. The van der Waals surface area contributed by atoms with E-state index in [-0.39, 0.29) is 12.0 Å². The second kappa shape index (κ2) is 6.64. The largest absolute Gasteiger partial charge is 0.491 e. The highest BCUT2D eigenvalue weighted by Gasteiger charge is 2.21. The Hall–Kier alpha value is -2.63. The van der Waals surface area contributed by atoms with Crippen molar-refractivity contribution in [1.29, 1.82) is 0 Å². The van der Waals surface area contributed by atoms with Gasteiger partial charge in [0.1, 0.15) is 5.75 Å². The minimum absolute atomic E-state index is 0.121. The molecule has 0 radical (unpaired) electrons. The van der Waals surface area contributed by atoms with Crippen molar-refractivity contribution in [1.82, 2.24) is 9.97 Å². The molecule has 1 fully saturated rings. The molecule has 1 saturated carbocycles. The summed E-state index contributed by atoms with van der Waals surface area (Å²) in [5.41, 5.74) is 1.13. The molecule has 1 aliphatic carbocycles. The van der Waals surface area contributed by atoms with E-state index in [1.165, 1.54) is 12.4 Å². The smallest absolute Gasteiger partial charge is 0.258 e. The average Bonchev–Trinajstić information content (AvgIpc) is 3.33. The number of hydrogen-bond acceptors (Lipinski definition) is 5. The third-order valence-corrected chi connectivity index (χ3v) is 3.31. The fourth-order valence-electron chi connectivity index (χ4n) is 2.02. The van der Waals surface area contributed by atoms with Crippen LogP contribution in [0.15, 0.2) is 36.7 Å². The van der Waals surface area contributed by atoms with Gasteiger partial charge in [0, 0.05) is 24.1 Å². The lowest BCUT2D eigenvalue weighted by Gasteiger charge is -2.10. The zero-order valence-electron chi connectivity index (χ0n) is 13.2. The molecular weight excluding hydrogens is 292 g/mol. The molecule has 0 aliphatic heterocycles. The normalized spacial score (nSPS) is 13.7. The number of nitrogens with one attached hydrogen (secondary N) is 2. The van der Waals surface area contributed by atoms with Crippen LogP contribution in [0.1, 0.15) is 37.0 Å². The van der Waals surface area contributed by atoms with Gasteiger partial charge in [-0.2, -0.15) is 0 Å². The Morgan fingerprint density at radius 3 is 2.39 bits per heavy atom. The Morgan fingerprint density at radius 1 is 1.17 bits per heavy atom. The molecule has 1 heterocycles. The third-order valence-electron chi connectivity index (χ3n) is 3.31. The van der Waals surface area contributed by atoms with E-state index >= 15 is 0 Å². The van der Waals surface area contributed by atoms with Crippen molar-refractivity contribution < 1.29 is 9.53 Å². The molecular formula is C17H20N4O2. The van der Waals surface area contributed by atoms with E-state index in [9.17, 15) is 4.79 Å². The lowest BCUT2D eigenvalue weighted by Crippen LogP contribution is -2.14. The Bertz CT molecular complexity index is 664. The SMILES string of the molecule is CC(C)Oc1ccc(NC(=O)c2cnc(NC3CC3)nc2)cc1. The first-order valence-corrected chi connectivity index (χ1v) is 7.77. The highest BCUT2D eigenvalue weighted by molar-refractivity contribution is 6.03. The zero-order chi connectivity index (χ0) is 16.2. The van der Waals surface area contributed by atoms with E-state index in [1.54, 1.807) is 12.1 Å². The van der Waals surface area contributed by atoms with Crippen molar-refractivity contribution in [2.45, 2.75) is 38.8 Å². The van der Waals surface area contributed by atoms with E-state index in [2.05, 4.69) is 20.6 Å². The first-order valence-electron chi connectivity index (χ1n) is 7.77. The van der Waals surface area contributed by atoms with Gasteiger partial charge < -0.3 is 15.4 Å². The van der Waals surface area contributed by atoms with Gasteiger partial charge in [-0.3, -0.25) is 4.79 Å². The van der Waals surface area contributed by atoms with E-state index in [0.717, 1.165) is 18.6 Å². The Kier molecular flexibility index (Phi) is 4.41. The Balaban J connectivity index is 1.59. The fourth-order valence-corrected chi connectivity index (χ4v) is 2.02. The molecule has 0 atom stereocenters. The topological polar surface area (TPSA) is 76.1 Å². The van der Waals surface area contributed by atoms with Gasteiger partial charge in [0.25, 0.3) is 5.91 Å². The van der Waals surface area contributed by atoms with Crippen LogP contribution in [0.3, 0.4) is 0 Å². The first kappa shape index (κ1) is 15.3. The summed E-state index contributed by atoms with van der Waals surface area (Å²) in [6.45, 7) is 3.94. The van der Waals surface area contributed by atoms with E-state index in [4.69, 9.17) is 4.74 Å². The number of rotatable bonds is 6. The van der Waals surface area contributed by atoms with Crippen molar-refractivity contribution in [3.05, 3.63) is 42.2 Å². The molecule has 1 aromatic carbocycles. The minimum Gasteiger partial charge on any atom is -0.491 e. The standard InChI is InChI=1S/C17H20N4O2/c1-11(2)23-15-7-5-13(6-8-15)20-16(22)12-9-18-17(19-10-12)21-14-3-4-14/h5-11,14H,3-4H2,1-2H3,(H,20,22)(H,18,19,21). The van der Waals surface area contributed by atoms with Gasteiger partial charge in [0.05, 0.1) is 11.7 Å². The van der Waals surface area contributed by atoms with E-state index in [0.29, 0.717) is 23.2 Å². The molecule has 2 N–H and O–H groups in total. The molecule has 0 unspecified atom stereocenters. The van der Waals surface area contributed by atoms with Crippen LogP contribution in [0.4, 0.5) is 11.6 Å².